The number of piperidine rings is 1. The highest BCUT2D eigenvalue weighted by Crippen LogP contribution is 2.24. The largest absolute Gasteiger partial charge is 0.350 e. The highest BCUT2D eigenvalue weighted by Gasteiger charge is 2.30. The summed E-state index contributed by atoms with van der Waals surface area (Å²) in [6.45, 7) is 13.0. The van der Waals surface area contributed by atoms with Gasteiger partial charge >= 0.3 is 0 Å². The molecule has 1 unspecified atom stereocenters. The van der Waals surface area contributed by atoms with Gasteiger partial charge in [0.05, 0.1) is 10.6 Å². The van der Waals surface area contributed by atoms with Crippen LogP contribution in [0.5, 0.6) is 0 Å². The van der Waals surface area contributed by atoms with E-state index in [4.69, 9.17) is 0 Å². The van der Waals surface area contributed by atoms with Crippen molar-refractivity contribution in [2.45, 2.75) is 57.9 Å². The third-order valence-electron chi connectivity index (χ3n) is 6.47. The van der Waals surface area contributed by atoms with Gasteiger partial charge in [0.2, 0.25) is 0 Å². The Kier molecular flexibility index (Phi) is 7.30. The van der Waals surface area contributed by atoms with E-state index in [1.165, 1.54) is 25.0 Å². The lowest BCUT2D eigenvalue weighted by Gasteiger charge is -2.43. The Morgan fingerprint density at radius 3 is 2.47 bits per heavy atom. The molecule has 1 fully saturated rings. The predicted molar refractivity (Wildman–Crippen MR) is 130 cm³/mol. The van der Waals surface area contributed by atoms with Gasteiger partial charge in [0.15, 0.2) is 0 Å². The van der Waals surface area contributed by atoms with E-state index in [0.717, 1.165) is 24.2 Å². The Morgan fingerprint density at radius 2 is 1.81 bits per heavy atom. The van der Waals surface area contributed by atoms with Crippen LogP contribution in [0, 0.1) is 19.8 Å². The van der Waals surface area contributed by atoms with E-state index >= 15 is 0 Å². The Balaban J connectivity index is 1.64. The number of carbonyl (C=O) groups is 1. The minimum Gasteiger partial charge on any atom is -0.350 e. The number of carbonyl (C=O) groups excluding carboxylic acids is 1. The van der Waals surface area contributed by atoms with Gasteiger partial charge in [-0.15, -0.1) is 0 Å². The smallest absolute Gasteiger partial charge is 0.261 e. The van der Waals surface area contributed by atoms with Crippen LogP contribution in [0.1, 0.15) is 55.1 Å². The first-order valence-corrected chi connectivity index (χ1v) is 12.7. The summed E-state index contributed by atoms with van der Waals surface area (Å²) in [5.41, 5.74) is 2.76. The van der Waals surface area contributed by atoms with E-state index in [2.05, 4.69) is 35.7 Å². The first-order valence-electron chi connectivity index (χ1n) is 11.2. The molecule has 0 bridgehead atoms. The zero-order valence-electron chi connectivity index (χ0n) is 19.7. The Labute approximate surface area is 192 Å². The van der Waals surface area contributed by atoms with Gasteiger partial charge in [-0.3, -0.25) is 14.4 Å². The number of likely N-dealkylation sites (tertiary alicyclic amines) is 1. The summed E-state index contributed by atoms with van der Waals surface area (Å²) in [6.07, 6.45) is 2.44. The van der Waals surface area contributed by atoms with Crippen molar-refractivity contribution in [3.8, 4) is 0 Å². The molecule has 1 heterocycles. The third kappa shape index (κ3) is 5.70. The van der Waals surface area contributed by atoms with Crippen LogP contribution in [0.4, 0.5) is 5.69 Å². The molecule has 174 valence electrons. The van der Waals surface area contributed by atoms with Gasteiger partial charge in [-0.05, 0) is 94.5 Å². The first-order chi connectivity index (χ1) is 15.0. The number of benzene rings is 2. The quantitative estimate of drug-likeness (QED) is 0.648. The number of hydrogen-bond donors (Lipinski definition) is 2. The second-order valence-corrected chi connectivity index (χ2v) is 11.2. The van der Waals surface area contributed by atoms with Crippen molar-refractivity contribution in [2.75, 3.05) is 24.4 Å². The zero-order valence-corrected chi connectivity index (χ0v) is 20.6. The maximum absolute atomic E-state index is 12.8. The summed E-state index contributed by atoms with van der Waals surface area (Å²) in [5, 5.41) is 3.02. The fourth-order valence-corrected chi connectivity index (χ4v) is 5.22. The molecule has 0 radical (unpaired) electrons. The van der Waals surface area contributed by atoms with E-state index in [1.54, 1.807) is 18.2 Å². The minimum atomic E-state index is -3.74. The van der Waals surface area contributed by atoms with Crippen molar-refractivity contribution in [2.24, 2.45) is 5.92 Å². The molecule has 1 atom stereocenters. The number of anilines is 1. The molecule has 0 aromatic heterocycles. The van der Waals surface area contributed by atoms with E-state index in [-0.39, 0.29) is 16.3 Å². The molecule has 1 aliphatic heterocycles. The predicted octanol–water partition coefficient (Wildman–Crippen LogP) is 4.34. The van der Waals surface area contributed by atoms with E-state index in [1.807, 2.05) is 26.0 Å². The summed E-state index contributed by atoms with van der Waals surface area (Å²) >= 11 is 0. The van der Waals surface area contributed by atoms with Crippen molar-refractivity contribution in [1.82, 2.24) is 10.2 Å². The molecule has 0 aliphatic carbocycles. The standard InChI is InChI=1S/C25H35N3O3S/c1-18-8-7-15-28(16-18)25(4,5)17-26-24(29)21-11-13-22(14-12-21)32(30,31)27-23-10-6-9-19(2)20(23)3/h6,9-14,18,27H,7-8,15-17H2,1-5H3,(H,26,29). The molecular weight excluding hydrogens is 422 g/mol. The highest BCUT2D eigenvalue weighted by atomic mass is 32.2. The number of sulfonamides is 1. The van der Waals surface area contributed by atoms with E-state index < -0.39 is 10.0 Å². The van der Waals surface area contributed by atoms with Crippen molar-refractivity contribution < 1.29 is 13.2 Å². The van der Waals surface area contributed by atoms with Crippen LogP contribution in [-0.4, -0.2) is 44.4 Å². The Bertz CT molecular complexity index is 1060. The number of nitrogens with one attached hydrogen (secondary N) is 2. The average Bonchev–Trinajstić information content (AvgIpc) is 2.75. The number of hydrogen-bond acceptors (Lipinski definition) is 4. The first kappa shape index (κ1) is 24.3. The van der Waals surface area contributed by atoms with Gasteiger partial charge < -0.3 is 5.32 Å². The molecule has 0 saturated carbocycles. The van der Waals surface area contributed by atoms with Crippen LogP contribution in [0.15, 0.2) is 47.4 Å². The van der Waals surface area contributed by atoms with Crippen LogP contribution >= 0.6 is 0 Å². The molecule has 7 heteroatoms. The van der Waals surface area contributed by atoms with Crippen molar-refractivity contribution in [1.29, 1.82) is 0 Å². The van der Waals surface area contributed by atoms with Gasteiger partial charge in [0.25, 0.3) is 15.9 Å². The molecule has 0 spiro atoms. The minimum absolute atomic E-state index is 0.123. The normalized spacial score (nSPS) is 17.7. The number of rotatable bonds is 7. The highest BCUT2D eigenvalue weighted by molar-refractivity contribution is 7.92. The fraction of sp³-hybridized carbons (Fsp3) is 0.480. The molecular formula is C25H35N3O3S. The number of nitrogens with zero attached hydrogens (tertiary/aromatic N) is 1. The zero-order chi connectivity index (χ0) is 23.5. The van der Waals surface area contributed by atoms with E-state index in [9.17, 15) is 13.2 Å². The topological polar surface area (TPSA) is 78.5 Å². The lowest BCUT2D eigenvalue weighted by molar-refractivity contribution is 0.0657. The summed E-state index contributed by atoms with van der Waals surface area (Å²) in [7, 11) is -3.74. The summed E-state index contributed by atoms with van der Waals surface area (Å²) in [4.78, 5) is 15.2. The van der Waals surface area contributed by atoms with Gasteiger partial charge in [0, 0.05) is 24.2 Å². The molecule has 6 nitrogen and oxygen atoms in total. The Morgan fingerprint density at radius 1 is 1.12 bits per heavy atom. The van der Waals surface area contributed by atoms with Crippen molar-refractivity contribution >= 4 is 21.6 Å². The fourth-order valence-electron chi connectivity index (χ4n) is 4.10. The number of amides is 1. The summed E-state index contributed by atoms with van der Waals surface area (Å²) in [5.74, 6) is 0.472. The van der Waals surface area contributed by atoms with Crippen LogP contribution < -0.4 is 10.0 Å². The molecule has 3 rings (SSSR count). The van der Waals surface area contributed by atoms with E-state index in [0.29, 0.717) is 23.7 Å². The SMILES string of the molecule is Cc1cccc(NS(=O)(=O)c2ccc(C(=O)NCC(C)(C)N3CCCC(C)C3)cc2)c1C. The van der Waals surface area contributed by atoms with Gasteiger partial charge in [-0.2, -0.15) is 0 Å². The van der Waals surface area contributed by atoms with Crippen LogP contribution in [0.2, 0.25) is 0 Å². The Hall–Kier alpha value is -2.38. The molecule has 1 aliphatic rings. The monoisotopic (exact) mass is 457 g/mol. The molecule has 1 saturated heterocycles. The third-order valence-corrected chi connectivity index (χ3v) is 7.85. The molecule has 2 aromatic carbocycles. The van der Waals surface area contributed by atoms with Crippen LogP contribution in [0.25, 0.3) is 0 Å². The van der Waals surface area contributed by atoms with Crippen molar-refractivity contribution in [3.63, 3.8) is 0 Å². The second kappa shape index (κ2) is 9.63. The molecule has 32 heavy (non-hydrogen) atoms. The van der Waals surface area contributed by atoms with Gasteiger partial charge in [-0.25, -0.2) is 8.42 Å². The summed E-state index contributed by atoms with van der Waals surface area (Å²) in [6, 6.07) is 11.6. The summed E-state index contributed by atoms with van der Waals surface area (Å²) < 4.78 is 28.2. The molecule has 2 aromatic rings. The average molecular weight is 458 g/mol. The lowest BCUT2D eigenvalue weighted by atomic mass is 9.93. The maximum Gasteiger partial charge on any atom is 0.261 e. The van der Waals surface area contributed by atoms with Gasteiger partial charge in [0.1, 0.15) is 0 Å². The van der Waals surface area contributed by atoms with Crippen LogP contribution in [0.3, 0.4) is 0 Å². The van der Waals surface area contributed by atoms with Gasteiger partial charge in [-0.1, -0.05) is 19.1 Å². The van der Waals surface area contributed by atoms with Crippen molar-refractivity contribution in [3.05, 3.63) is 59.2 Å². The second-order valence-electron chi connectivity index (χ2n) is 9.57. The number of aryl methyl sites for hydroxylation is 1. The lowest BCUT2D eigenvalue weighted by Crippen LogP contribution is -2.54. The molecule has 1 amide bonds. The molecule has 2 N–H and O–H groups in total. The maximum atomic E-state index is 12.8. The van der Waals surface area contributed by atoms with Crippen LogP contribution in [-0.2, 0) is 10.0 Å².